The van der Waals surface area contributed by atoms with Crippen molar-refractivity contribution in [3.63, 3.8) is 0 Å². The second kappa shape index (κ2) is 4.59. The minimum Gasteiger partial charge on any atom is -0.464 e. The van der Waals surface area contributed by atoms with Crippen molar-refractivity contribution in [2.75, 3.05) is 7.05 Å². The summed E-state index contributed by atoms with van der Waals surface area (Å²) >= 11 is 1.60. The molecule has 3 nitrogen and oxygen atoms in total. The van der Waals surface area contributed by atoms with Gasteiger partial charge in [0.15, 0.2) is 0 Å². The molecule has 2 aromatic heterocycles. The van der Waals surface area contributed by atoms with Crippen molar-refractivity contribution in [3.8, 4) is 0 Å². The summed E-state index contributed by atoms with van der Waals surface area (Å²) < 4.78 is 5.71. The van der Waals surface area contributed by atoms with Gasteiger partial charge in [0.05, 0.1) is 11.2 Å². The molecule has 0 radical (unpaired) electrons. The van der Waals surface area contributed by atoms with Crippen LogP contribution >= 0.6 is 11.3 Å². The van der Waals surface area contributed by atoms with Crippen molar-refractivity contribution in [1.29, 1.82) is 0 Å². The van der Waals surface area contributed by atoms with Crippen LogP contribution in [0, 0.1) is 0 Å². The summed E-state index contributed by atoms with van der Waals surface area (Å²) in [4.78, 5) is 4.29. The highest BCUT2D eigenvalue weighted by Crippen LogP contribution is 2.23. The van der Waals surface area contributed by atoms with Gasteiger partial charge in [0.1, 0.15) is 17.6 Å². The lowest BCUT2D eigenvalue weighted by atomic mass is 10.2. The molecule has 2 rings (SSSR count). The van der Waals surface area contributed by atoms with Crippen LogP contribution < -0.4 is 5.32 Å². The lowest BCUT2D eigenvalue weighted by molar-refractivity contribution is 0.431. The van der Waals surface area contributed by atoms with E-state index in [0.29, 0.717) is 0 Å². The van der Waals surface area contributed by atoms with E-state index in [9.17, 15) is 0 Å². The Morgan fingerprint density at radius 1 is 1.53 bits per heavy atom. The van der Waals surface area contributed by atoms with Crippen LogP contribution in [0.25, 0.3) is 0 Å². The lowest BCUT2D eigenvalue weighted by Gasteiger charge is -2.10. The van der Waals surface area contributed by atoms with Crippen molar-refractivity contribution >= 4 is 11.3 Å². The fourth-order valence-corrected chi connectivity index (χ4v) is 2.12. The molecule has 2 heterocycles. The molecular weight excluding hydrogens is 208 g/mol. The van der Waals surface area contributed by atoms with Crippen LogP contribution in [0.5, 0.6) is 0 Å². The van der Waals surface area contributed by atoms with Crippen molar-refractivity contribution < 1.29 is 4.42 Å². The Hall–Kier alpha value is -1.13. The van der Waals surface area contributed by atoms with Crippen molar-refractivity contribution in [3.05, 3.63) is 40.2 Å². The maximum atomic E-state index is 5.71. The highest BCUT2D eigenvalue weighted by Gasteiger charge is 2.17. The minimum atomic E-state index is 0.0662. The van der Waals surface area contributed by atoms with Crippen LogP contribution in [0.3, 0.4) is 0 Å². The van der Waals surface area contributed by atoms with Gasteiger partial charge in [-0.05, 0) is 19.2 Å². The van der Waals surface area contributed by atoms with E-state index in [4.69, 9.17) is 4.42 Å². The molecular formula is C11H14N2OS. The molecule has 0 fully saturated rings. The lowest BCUT2D eigenvalue weighted by Crippen LogP contribution is -2.17. The summed E-state index contributed by atoms with van der Waals surface area (Å²) in [6.07, 6.45) is 0.924. The number of nitrogens with zero attached hydrogens (tertiary/aromatic N) is 1. The first-order valence-electron chi connectivity index (χ1n) is 4.99. The third-order valence-corrected chi connectivity index (χ3v) is 2.96. The molecule has 1 atom stereocenters. The Kier molecular flexibility index (Phi) is 3.18. The summed E-state index contributed by atoms with van der Waals surface area (Å²) in [7, 11) is 1.91. The Morgan fingerprint density at radius 3 is 2.93 bits per heavy atom. The Bertz CT molecular complexity index is 408. The number of furan rings is 1. The Morgan fingerprint density at radius 2 is 2.40 bits per heavy atom. The number of hydrogen-bond donors (Lipinski definition) is 1. The number of rotatable bonds is 4. The molecule has 0 bridgehead atoms. The average Bonchev–Trinajstić information content (AvgIpc) is 2.89. The van der Waals surface area contributed by atoms with Gasteiger partial charge in [-0.3, -0.25) is 0 Å². The van der Waals surface area contributed by atoms with E-state index in [1.54, 1.807) is 11.3 Å². The van der Waals surface area contributed by atoms with E-state index in [1.165, 1.54) is 0 Å². The molecule has 0 aromatic carbocycles. The molecule has 2 aromatic rings. The molecule has 0 aliphatic carbocycles. The number of hydrogen-bond acceptors (Lipinski definition) is 4. The van der Waals surface area contributed by atoms with Crippen molar-refractivity contribution in [1.82, 2.24) is 10.3 Å². The third-order valence-electron chi connectivity index (χ3n) is 2.35. The normalized spacial score (nSPS) is 12.9. The second-order valence-corrected chi connectivity index (χ2v) is 4.01. The van der Waals surface area contributed by atoms with Crippen LogP contribution in [0.2, 0.25) is 0 Å². The van der Waals surface area contributed by atoms with Gasteiger partial charge in [0, 0.05) is 11.8 Å². The van der Waals surface area contributed by atoms with E-state index in [1.807, 2.05) is 30.1 Å². The fourth-order valence-electron chi connectivity index (χ4n) is 1.54. The van der Waals surface area contributed by atoms with E-state index < -0.39 is 0 Å². The zero-order chi connectivity index (χ0) is 10.7. The second-order valence-electron chi connectivity index (χ2n) is 3.29. The molecule has 0 amide bonds. The maximum absolute atomic E-state index is 5.71. The molecule has 1 unspecified atom stereocenters. The highest BCUT2D eigenvalue weighted by molar-refractivity contribution is 7.07. The van der Waals surface area contributed by atoms with E-state index >= 15 is 0 Å². The zero-order valence-corrected chi connectivity index (χ0v) is 9.67. The quantitative estimate of drug-likeness (QED) is 0.864. The molecule has 0 aliphatic rings. The first kappa shape index (κ1) is 10.4. The van der Waals surface area contributed by atoms with Gasteiger partial charge in [-0.1, -0.05) is 6.92 Å². The molecule has 1 N–H and O–H groups in total. The summed E-state index contributed by atoms with van der Waals surface area (Å²) in [6.45, 7) is 2.08. The van der Waals surface area contributed by atoms with Crippen molar-refractivity contribution in [2.24, 2.45) is 0 Å². The standard InChI is InChI=1S/C11H14N2OS/c1-3-8-4-5-10(14-8)11(12-2)9-6-15-7-13-9/h4-7,11-12H,3H2,1-2H3. The molecule has 0 aliphatic heterocycles. The molecule has 15 heavy (non-hydrogen) atoms. The summed E-state index contributed by atoms with van der Waals surface area (Å²) in [5.41, 5.74) is 2.85. The van der Waals surface area contributed by atoms with Crippen LogP contribution in [-0.4, -0.2) is 12.0 Å². The van der Waals surface area contributed by atoms with Gasteiger partial charge in [-0.15, -0.1) is 11.3 Å². The highest BCUT2D eigenvalue weighted by atomic mass is 32.1. The Balaban J connectivity index is 2.27. The van der Waals surface area contributed by atoms with Gasteiger partial charge in [0.2, 0.25) is 0 Å². The predicted octanol–water partition coefficient (Wildman–Crippen LogP) is 2.61. The van der Waals surface area contributed by atoms with Gasteiger partial charge < -0.3 is 9.73 Å². The maximum Gasteiger partial charge on any atom is 0.127 e. The predicted molar refractivity (Wildman–Crippen MR) is 61.1 cm³/mol. The van der Waals surface area contributed by atoms with Gasteiger partial charge in [-0.25, -0.2) is 4.98 Å². The molecule has 0 saturated carbocycles. The third kappa shape index (κ3) is 2.11. The number of aromatic nitrogens is 1. The first-order valence-corrected chi connectivity index (χ1v) is 5.93. The number of thiazole rings is 1. The van der Waals surface area contributed by atoms with Gasteiger partial charge in [-0.2, -0.15) is 0 Å². The smallest absolute Gasteiger partial charge is 0.127 e. The fraction of sp³-hybridized carbons (Fsp3) is 0.364. The molecule has 80 valence electrons. The molecule has 0 spiro atoms. The topological polar surface area (TPSA) is 38.1 Å². The first-order chi connectivity index (χ1) is 7.35. The number of nitrogens with one attached hydrogen (secondary N) is 1. The largest absolute Gasteiger partial charge is 0.464 e. The SMILES string of the molecule is CCc1ccc(C(NC)c2cscn2)o1. The van der Waals surface area contributed by atoms with Gasteiger partial charge >= 0.3 is 0 Å². The molecule has 0 saturated heterocycles. The minimum absolute atomic E-state index is 0.0662. The van der Waals surface area contributed by atoms with Crippen LogP contribution in [0.4, 0.5) is 0 Å². The number of aryl methyl sites for hydroxylation is 1. The zero-order valence-electron chi connectivity index (χ0n) is 8.86. The summed E-state index contributed by atoms with van der Waals surface area (Å²) in [6, 6.07) is 4.10. The average molecular weight is 222 g/mol. The van der Waals surface area contributed by atoms with E-state index in [2.05, 4.69) is 17.2 Å². The van der Waals surface area contributed by atoms with Crippen LogP contribution in [0.15, 0.2) is 27.4 Å². The Labute approximate surface area is 93.2 Å². The monoisotopic (exact) mass is 222 g/mol. The van der Waals surface area contributed by atoms with Gasteiger partial charge in [0.25, 0.3) is 0 Å². The molecule has 4 heteroatoms. The van der Waals surface area contributed by atoms with E-state index in [0.717, 1.165) is 23.6 Å². The van der Waals surface area contributed by atoms with E-state index in [-0.39, 0.29) is 6.04 Å². The van der Waals surface area contributed by atoms with Crippen LogP contribution in [0.1, 0.15) is 30.2 Å². The summed E-state index contributed by atoms with van der Waals surface area (Å²) in [5, 5.41) is 5.25. The summed E-state index contributed by atoms with van der Waals surface area (Å²) in [5.74, 6) is 1.95. The van der Waals surface area contributed by atoms with Crippen molar-refractivity contribution in [2.45, 2.75) is 19.4 Å². The van der Waals surface area contributed by atoms with Crippen LogP contribution in [-0.2, 0) is 6.42 Å².